The molecule has 3 rings (SSSR count). The highest BCUT2D eigenvalue weighted by Gasteiger charge is 2.35. The average Bonchev–Trinajstić information content (AvgIpc) is 3.11. The van der Waals surface area contributed by atoms with E-state index in [1.807, 2.05) is 17.8 Å². The molecule has 1 aliphatic heterocycles. The Morgan fingerprint density at radius 1 is 1.27 bits per heavy atom. The van der Waals surface area contributed by atoms with Crippen LogP contribution < -0.4 is 0 Å². The standard InChI is InChI=1S/C13H13NS/c14-8-9-1-4-13-12(7-9)11(5-6-15-13)10-2-3-10/h1,4,7,10-11H,2-3,5-6H2. The monoisotopic (exact) mass is 215 g/mol. The van der Waals surface area contributed by atoms with Gasteiger partial charge in [-0.25, -0.2) is 0 Å². The molecule has 0 bridgehead atoms. The van der Waals surface area contributed by atoms with Crippen LogP contribution in [-0.2, 0) is 0 Å². The van der Waals surface area contributed by atoms with E-state index in [9.17, 15) is 0 Å². The minimum absolute atomic E-state index is 0.745. The Morgan fingerprint density at radius 2 is 2.13 bits per heavy atom. The normalized spacial score (nSPS) is 24.3. The fourth-order valence-corrected chi connectivity index (χ4v) is 3.61. The summed E-state index contributed by atoms with van der Waals surface area (Å²) in [7, 11) is 0. The van der Waals surface area contributed by atoms with Crippen molar-refractivity contribution >= 4 is 11.8 Å². The Morgan fingerprint density at radius 3 is 2.87 bits per heavy atom. The van der Waals surface area contributed by atoms with Crippen LogP contribution in [0.5, 0.6) is 0 Å². The van der Waals surface area contributed by atoms with Gasteiger partial charge in [-0.05, 0) is 60.6 Å². The van der Waals surface area contributed by atoms with Crippen LogP contribution in [0.3, 0.4) is 0 Å². The number of hydrogen-bond donors (Lipinski definition) is 0. The number of fused-ring (bicyclic) bond motifs is 1. The third kappa shape index (κ3) is 1.66. The van der Waals surface area contributed by atoms with Gasteiger partial charge in [0.2, 0.25) is 0 Å². The van der Waals surface area contributed by atoms with Gasteiger partial charge in [-0.2, -0.15) is 5.26 Å². The van der Waals surface area contributed by atoms with Crippen molar-refractivity contribution in [1.82, 2.24) is 0 Å². The molecule has 2 aliphatic rings. The first-order chi connectivity index (χ1) is 7.38. The summed E-state index contributed by atoms with van der Waals surface area (Å²) in [5.41, 5.74) is 2.27. The summed E-state index contributed by atoms with van der Waals surface area (Å²) < 4.78 is 0. The van der Waals surface area contributed by atoms with Gasteiger partial charge in [-0.1, -0.05) is 0 Å². The van der Waals surface area contributed by atoms with Crippen molar-refractivity contribution in [2.75, 3.05) is 5.75 Å². The molecule has 1 aliphatic carbocycles. The Hall–Kier alpha value is -0.940. The molecule has 0 aromatic heterocycles. The molecule has 2 heteroatoms. The Labute approximate surface area is 94.5 Å². The first-order valence-electron chi connectivity index (χ1n) is 5.55. The van der Waals surface area contributed by atoms with Crippen LogP contribution in [0.15, 0.2) is 23.1 Å². The Bertz CT molecular complexity index is 429. The van der Waals surface area contributed by atoms with Crippen molar-refractivity contribution in [3.8, 4) is 6.07 Å². The molecule has 76 valence electrons. The van der Waals surface area contributed by atoms with Crippen LogP contribution in [0.4, 0.5) is 0 Å². The zero-order valence-corrected chi connectivity index (χ0v) is 9.39. The van der Waals surface area contributed by atoms with E-state index in [1.54, 1.807) is 0 Å². The number of rotatable bonds is 1. The minimum Gasteiger partial charge on any atom is -0.192 e. The van der Waals surface area contributed by atoms with Crippen LogP contribution in [0, 0.1) is 17.2 Å². The van der Waals surface area contributed by atoms with E-state index in [0.717, 1.165) is 17.4 Å². The van der Waals surface area contributed by atoms with E-state index in [0.29, 0.717) is 0 Å². The summed E-state index contributed by atoms with van der Waals surface area (Å²) in [5.74, 6) is 2.91. The zero-order valence-electron chi connectivity index (χ0n) is 8.57. The van der Waals surface area contributed by atoms with Crippen molar-refractivity contribution in [1.29, 1.82) is 5.26 Å². The average molecular weight is 215 g/mol. The third-order valence-corrected chi connectivity index (χ3v) is 4.54. The summed E-state index contributed by atoms with van der Waals surface area (Å²) in [6.07, 6.45) is 4.09. The first kappa shape index (κ1) is 9.30. The molecule has 1 heterocycles. The lowest BCUT2D eigenvalue weighted by atomic mass is 9.90. The molecule has 1 nitrogen and oxygen atoms in total. The molecule has 0 saturated heterocycles. The van der Waals surface area contributed by atoms with Gasteiger partial charge in [0.15, 0.2) is 0 Å². The summed E-state index contributed by atoms with van der Waals surface area (Å²) in [6, 6.07) is 8.44. The van der Waals surface area contributed by atoms with Gasteiger partial charge in [0.25, 0.3) is 0 Å². The van der Waals surface area contributed by atoms with Gasteiger partial charge in [0, 0.05) is 4.90 Å². The van der Waals surface area contributed by atoms with E-state index in [-0.39, 0.29) is 0 Å². The molecule has 15 heavy (non-hydrogen) atoms. The van der Waals surface area contributed by atoms with Crippen LogP contribution >= 0.6 is 11.8 Å². The lowest BCUT2D eigenvalue weighted by molar-refractivity contribution is 0.574. The van der Waals surface area contributed by atoms with Crippen molar-refractivity contribution in [3.05, 3.63) is 29.3 Å². The fraction of sp³-hybridized carbons (Fsp3) is 0.462. The highest BCUT2D eigenvalue weighted by atomic mass is 32.2. The number of nitriles is 1. The second-order valence-electron chi connectivity index (χ2n) is 4.45. The maximum Gasteiger partial charge on any atom is 0.0991 e. The Balaban J connectivity index is 2.04. The topological polar surface area (TPSA) is 23.8 Å². The summed E-state index contributed by atoms with van der Waals surface area (Å²) in [6.45, 7) is 0. The number of nitrogens with zero attached hydrogens (tertiary/aromatic N) is 1. The molecule has 0 radical (unpaired) electrons. The molecule has 1 unspecified atom stereocenters. The van der Waals surface area contributed by atoms with Crippen molar-refractivity contribution in [2.45, 2.75) is 30.1 Å². The lowest BCUT2D eigenvalue weighted by Crippen LogP contribution is -2.09. The molecular formula is C13H13NS. The quantitative estimate of drug-likeness (QED) is 0.715. The van der Waals surface area contributed by atoms with Crippen molar-refractivity contribution in [3.63, 3.8) is 0 Å². The van der Waals surface area contributed by atoms with E-state index in [4.69, 9.17) is 5.26 Å². The third-order valence-electron chi connectivity index (χ3n) is 3.42. The van der Waals surface area contributed by atoms with Gasteiger partial charge < -0.3 is 0 Å². The molecule has 1 fully saturated rings. The minimum atomic E-state index is 0.745. The smallest absolute Gasteiger partial charge is 0.0991 e. The summed E-state index contributed by atoms with van der Waals surface area (Å²) in [4.78, 5) is 1.41. The molecular weight excluding hydrogens is 202 g/mol. The molecule has 0 N–H and O–H groups in total. The second kappa shape index (κ2) is 3.57. The first-order valence-corrected chi connectivity index (χ1v) is 6.54. The number of hydrogen-bond acceptors (Lipinski definition) is 2. The van der Waals surface area contributed by atoms with E-state index < -0.39 is 0 Å². The maximum atomic E-state index is 8.92. The van der Waals surface area contributed by atoms with E-state index in [2.05, 4.69) is 18.2 Å². The predicted molar refractivity (Wildman–Crippen MR) is 62.0 cm³/mol. The number of thioether (sulfide) groups is 1. The van der Waals surface area contributed by atoms with Gasteiger partial charge in [-0.3, -0.25) is 0 Å². The maximum absolute atomic E-state index is 8.92. The Kier molecular flexibility index (Phi) is 2.21. The van der Waals surface area contributed by atoms with Gasteiger partial charge in [0.05, 0.1) is 11.6 Å². The zero-order chi connectivity index (χ0) is 10.3. The van der Waals surface area contributed by atoms with Gasteiger partial charge in [-0.15, -0.1) is 11.8 Å². The lowest BCUT2D eigenvalue weighted by Gasteiger charge is -2.25. The molecule has 1 aromatic rings. The molecule has 1 aromatic carbocycles. The van der Waals surface area contributed by atoms with E-state index in [1.165, 1.54) is 35.5 Å². The molecule has 1 saturated carbocycles. The van der Waals surface area contributed by atoms with Gasteiger partial charge >= 0.3 is 0 Å². The highest BCUT2D eigenvalue weighted by molar-refractivity contribution is 7.99. The van der Waals surface area contributed by atoms with E-state index >= 15 is 0 Å². The molecule has 0 spiro atoms. The molecule has 1 atom stereocenters. The van der Waals surface area contributed by atoms with Crippen LogP contribution in [-0.4, -0.2) is 5.75 Å². The van der Waals surface area contributed by atoms with Crippen LogP contribution in [0.2, 0.25) is 0 Å². The SMILES string of the molecule is N#Cc1ccc2c(c1)C(C1CC1)CCS2. The summed E-state index contributed by atoms with van der Waals surface area (Å²) >= 11 is 1.95. The van der Waals surface area contributed by atoms with Crippen molar-refractivity contribution < 1.29 is 0 Å². The largest absolute Gasteiger partial charge is 0.192 e. The molecule has 0 amide bonds. The summed E-state index contributed by atoms with van der Waals surface area (Å²) in [5, 5.41) is 8.92. The van der Waals surface area contributed by atoms with Gasteiger partial charge in [0.1, 0.15) is 0 Å². The predicted octanol–water partition coefficient (Wildman–Crippen LogP) is 3.55. The van der Waals surface area contributed by atoms with Crippen LogP contribution in [0.1, 0.15) is 36.3 Å². The van der Waals surface area contributed by atoms with Crippen molar-refractivity contribution in [2.24, 2.45) is 5.92 Å². The second-order valence-corrected chi connectivity index (χ2v) is 5.58. The number of benzene rings is 1. The van der Waals surface area contributed by atoms with Crippen LogP contribution in [0.25, 0.3) is 0 Å². The fourth-order valence-electron chi connectivity index (χ4n) is 2.48. The highest BCUT2D eigenvalue weighted by Crippen LogP contribution is 2.50.